The average molecular weight is 180 g/mol. The van der Waals surface area contributed by atoms with Gasteiger partial charge in [-0.1, -0.05) is 65.0 Å². The molecule has 0 nitrogen and oxygen atoms in total. The molecule has 0 N–H and O–H groups in total. The highest BCUT2D eigenvalue weighted by Gasteiger charge is 1.95. The highest BCUT2D eigenvalue weighted by atomic mass is 14.0. The smallest absolute Gasteiger partial charge is 0.0219 e. The van der Waals surface area contributed by atoms with Crippen molar-refractivity contribution in [3.05, 3.63) is 35.4 Å². The van der Waals surface area contributed by atoms with Crippen LogP contribution < -0.4 is 0 Å². The first kappa shape index (κ1) is 14.7. The maximum absolute atomic E-state index is 2.21. The second-order valence-corrected chi connectivity index (χ2v) is 3.07. The van der Waals surface area contributed by atoms with Crippen LogP contribution >= 0.6 is 0 Å². The van der Waals surface area contributed by atoms with Gasteiger partial charge in [0.05, 0.1) is 0 Å². The number of benzene rings is 1. The highest BCUT2D eigenvalue weighted by Crippen LogP contribution is 2.13. The summed E-state index contributed by atoms with van der Waals surface area (Å²) in [5.74, 6) is 0.653. The van der Waals surface area contributed by atoms with E-state index >= 15 is 0 Å². The Kier molecular flexibility index (Phi) is 8.89. The van der Waals surface area contributed by atoms with Crippen molar-refractivity contribution in [3.63, 3.8) is 0 Å². The van der Waals surface area contributed by atoms with Gasteiger partial charge < -0.3 is 0 Å². The first-order valence-corrected chi connectivity index (χ1v) is 4.76. The Morgan fingerprint density at radius 1 is 0.923 bits per heavy atom. The van der Waals surface area contributed by atoms with Crippen molar-refractivity contribution < 1.29 is 0 Å². The Balaban J connectivity index is 0. The van der Waals surface area contributed by atoms with Gasteiger partial charge in [0.1, 0.15) is 0 Å². The fraction of sp³-hybridized carbons (Fsp3) is 0.538. The fourth-order valence-corrected chi connectivity index (χ4v) is 0.951. The normalized spacial score (nSPS) is 8.46. The van der Waals surface area contributed by atoms with E-state index in [0.717, 1.165) is 0 Å². The van der Waals surface area contributed by atoms with E-state index in [0.29, 0.717) is 5.92 Å². The molecule has 0 fully saturated rings. The predicted molar refractivity (Wildman–Crippen MR) is 63.3 cm³/mol. The average Bonchev–Trinajstić information content (AvgIpc) is 2.09. The molecule has 13 heavy (non-hydrogen) atoms. The molecule has 0 saturated carbocycles. The topological polar surface area (TPSA) is 0 Å². The van der Waals surface area contributed by atoms with E-state index < -0.39 is 0 Å². The third-order valence-corrected chi connectivity index (χ3v) is 1.74. The van der Waals surface area contributed by atoms with Crippen molar-refractivity contribution >= 4 is 0 Å². The molecule has 0 unspecified atom stereocenters. The van der Waals surface area contributed by atoms with Crippen LogP contribution in [0.2, 0.25) is 0 Å². The lowest BCUT2D eigenvalue weighted by molar-refractivity contribution is 0.866. The van der Waals surface area contributed by atoms with E-state index in [4.69, 9.17) is 0 Å². The summed E-state index contributed by atoms with van der Waals surface area (Å²) in [5.41, 5.74) is 2.76. The molecule has 1 aromatic carbocycles. The minimum absolute atomic E-state index is 0. The van der Waals surface area contributed by atoms with Gasteiger partial charge in [0.25, 0.3) is 0 Å². The Morgan fingerprint density at radius 3 is 1.62 bits per heavy atom. The standard InChI is InChI=1S/C10H14.C2H6.CH4/c1-8(2)10-6-4-9(3)5-7-10;1-2;/h4-8H,1-3H3;1-2H3;1H4. The van der Waals surface area contributed by atoms with E-state index in [1.165, 1.54) is 11.1 Å². The Labute approximate surface area is 84.0 Å². The molecule has 0 atom stereocenters. The van der Waals surface area contributed by atoms with E-state index in [1.54, 1.807) is 0 Å². The zero-order valence-corrected chi connectivity index (χ0v) is 8.89. The zero-order chi connectivity index (χ0) is 9.56. The molecule has 0 spiro atoms. The number of rotatable bonds is 1. The highest BCUT2D eigenvalue weighted by molar-refractivity contribution is 5.23. The molecular weight excluding hydrogens is 156 g/mol. The molecule has 0 aliphatic rings. The van der Waals surface area contributed by atoms with E-state index in [-0.39, 0.29) is 7.43 Å². The molecule has 0 aliphatic carbocycles. The zero-order valence-electron chi connectivity index (χ0n) is 8.89. The van der Waals surface area contributed by atoms with Gasteiger partial charge in [0, 0.05) is 0 Å². The monoisotopic (exact) mass is 180 g/mol. The molecular formula is C13H24. The summed E-state index contributed by atoms with van der Waals surface area (Å²) >= 11 is 0. The second kappa shape index (κ2) is 7.85. The van der Waals surface area contributed by atoms with E-state index in [9.17, 15) is 0 Å². The quantitative estimate of drug-likeness (QED) is 0.583. The SMILES string of the molecule is C.CC.Cc1ccc(C(C)C)cc1. The van der Waals surface area contributed by atoms with Crippen LogP contribution in [0, 0.1) is 6.92 Å². The summed E-state index contributed by atoms with van der Waals surface area (Å²) < 4.78 is 0. The second-order valence-electron chi connectivity index (χ2n) is 3.07. The lowest BCUT2D eigenvalue weighted by Gasteiger charge is -2.03. The van der Waals surface area contributed by atoms with Gasteiger partial charge in [-0.05, 0) is 18.4 Å². The van der Waals surface area contributed by atoms with Gasteiger partial charge in [-0.2, -0.15) is 0 Å². The molecule has 1 rings (SSSR count). The van der Waals surface area contributed by atoms with Gasteiger partial charge in [0.2, 0.25) is 0 Å². The van der Waals surface area contributed by atoms with Crippen molar-refractivity contribution in [2.45, 2.75) is 48.0 Å². The minimum Gasteiger partial charge on any atom is -0.0776 e. The Bertz CT molecular complexity index is 194. The number of hydrogen-bond donors (Lipinski definition) is 0. The molecule has 0 heteroatoms. The van der Waals surface area contributed by atoms with Gasteiger partial charge in [-0.15, -0.1) is 0 Å². The number of hydrogen-bond acceptors (Lipinski definition) is 0. The molecule has 0 radical (unpaired) electrons. The van der Waals surface area contributed by atoms with Crippen LogP contribution in [-0.2, 0) is 0 Å². The molecule has 0 aromatic heterocycles. The van der Waals surface area contributed by atoms with Crippen molar-refractivity contribution in [3.8, 4) is 0 Å². The first-order chi connectivity index (χ1) is 5.70. The van der Waals surface area contributed by atoms with Gasteiger partial charge in [-0.25, -0.2) is 0 Å². The van der Waals surface area contributed by atoms with Crippen LogP contribution in [0.15, 0.2) is 24.3 Å². The Morgan fingerprint density at radius 2 is 1.31 bits per heavy atom. The van der Waals surface area contributed by atoms with E-state index in [1.807, 2.05) is 13.8 Å². The predicted octanol–water partition coefficient (Wildman–Crippen LogP) is 4.78. The maximum Gasteiger partial charge on any atom is -0.0219 e. The summed E-state index contributed by atoms with van der Waals surface area (Å²) in [6, 6.07) is 8.71. The van der Waals surface area contributed by atoms with Gasteiger partial charge >= 0.3 is 0 Å². The summed E-state index contributed by atoms with van der Waals surface area (Å²) in [4.78, 5) is 0. The van der Waals surface area contributed by atoms with Crippen LogP contribution in [0.1, 0.15) is 52.2 Å². The van der Waals surface area contributed by atoms with E-state index in [2.05, 4.69) is 45.0 Å². The molecule has 76 valence electrons. The fourth-order valence-electron chi connectivity index (χ4n) is 0.951. The van der Waals surface area contributed by atoms with Crippen LogP contribution in [0.25, 0.3) is 0 Å². The van der Waals surface area contributed by atoms with Gasteiger partial charge in [0.15, 0.2) is 0 Å². The maximum atomic E-state index is 2.21. The van der Waals surface area contributed by atoms with Crippen LogP contribution in [-0.4, -0.2) is 0 Å². The number of aryl methyl sites for hydroxylation is 1. The first-order valence-electron chi connectivity index (χ1n) is 4.76. The molecule has 0 amide bonds. The molecule has 0 bridgehead atoms. The summed E-state index contributed by atoms with van der Waals surface area (Å²) in [5, 5.41) is 0. The molecule has 0 aliphatic heterocycles. The molecule has 0 heterocycles. The summed E-state index contributed by atoms with van der Waals surface area (Å²) in [6.45, 7) is 10.5. The van der Waals surface area contributed by atoms with Crippen LogP contribution in [0.3, 0.4) is 0 Å². The molecule has 0 saturated heterocycles. The summed E-state index contributed by atoms with van der Waals surface area (Å²) in [6.07, 6.45) is 0. The summed E-state index contributed by atoms with van der Waals surface area (Å²) in [7, 11) is 0. The Hall–Kier alpha value is -0.780. The lowest BCUT2D eigenvalue weighted by atomic mass is 10.0. The largest absolute Gasteiger partial charge is 0.0776 e. The third-order valence-electron chi connectivity index (χ3n) is 1.74. The molecule has 1 aromatic rings. The van der Waals surface area contributed by atoms with Crippen molar-refractivity contribution in [2.75, 3.05) is 0 Å². The van der Waals surface area contributed by atoms with Gasteiger partial charge in [-0.3, -0.25) is 0 Å². The van der Waals surface area contributed by atoms with Crippen molar-refractivity contribution in [2.24, 2.45) is 0 Å². The van der Waals surface area contributed by atoms with Crippen molar-refractivity contribution in [1.82, 2.24) is 0 Å². The third kappa shape index (κ3) is 5.46. The van der Waals surface area contributed by atoms with Crippen LogP contribution in [0.5, 0.6) is 0 Å². The minimum atomic E-state index is 0. The van der Waals surface area contributed by atoms with Crippen LogP contribution in [0.4, 0.5) is 0 Å². The lowest BCUT2D eigenvalue weighted by Crippen LogP contribution is -1.85. The van der Waals surface area contributed by atoms with Crippen molar-refractivity contribution in [1.29, 1.82) is 0 Å².